The molecule has 3 rings (SSSR count). The van der Waals surface area contributed by atoms with Crippen LogP contribution >= 0.6 is 0 Å². The highest BCUT2D eigenvalue weighted by Crippen LogP contribution is 2.45. The Morgan fingerprint density at radius 2 is 2.00 bits per heavy atom. The summed E-state index contributed by atoms with van der Waals surface area (Å²) in [5.74, 6) is 1.08. The maximum atomic E-state index is 12.6. The number of carbonyl (C=O) groups excluding carboxylic acids is 2. The summed E-state index contributed by atoms with van der Waals surface area (Å²) in [6.45, 7) is 6.75. The topological polar surface area (TPSA) is 70.4 Å². The van der Waals surface area contributed by atoms with Gasteiger partial charge in [-0.1, -0.05) is 43.2 Å². The highest BCUT2D eigenvalue weighted by Gasteiger charge is 2.37. The van der Waals surface area contributed by atoms with Crippen molar-refractivity contribution in [1.29, 1.82) is 0 Å². The summed E-state index contributed by atoms with van der Waals surface area (Å²) >= 11 is 0. The van der Waals surface area contributed by atoms with Crippen LogP contribution in [0, 0.1) is 23.7 Å². The molecule has 184 valence electrons. The fourth-order valence-corrected chi connectivity index (χ4v) is 5.27. The number of methoxy groups -OCH3 is 1. The number of fused-ring (bicyclic) bond motifs is 1. The molecule has 6 nitrogen and oxygen atoms in total. The molecule has 2 aliphatic carbocycles. The van der Waals surface area contributed by atoms with Gasteiger partial charge in [0.1, 0.15) is 6.10 Å². The maximum Gasteiger partial charge on any atom is 0.331 e. The van der Waals surface area contributed by atoms with Gasteiger partial charge in [-0.15, -0.1) is 0 Å². The van der Waals surface area contributed by atoms with Crippen LogP contribution < -0.4 is 0 Å². The Labute approximate surface area is 203 Å². The van der Waals surface area contributed by atoms with Crippen LogP contribution in [0.4, 0.5) is 0 Å². The Balaban J connectivity index is 1.83. The molecule has 34 heavy (non-hydrogen) atoms. The van der Waals surface area contributed by atoms with Gasteiger partial charge in [0, 0.05) is 31.8 Å². The van der Waals surface area contributed by atoms with Crippen LogP contribution in [0.5, 0.6) is 0 Å². The third-order valence-electron chi connectivity index (χ3n) is 7.10. The van der Waals surface area contributed by atoms with Crippen molar-refractivity contribution in [2.24, 2.45) is 30.7 Å². The monoisotopic (exact) mass is 466 g/mol. The van der Waals surface area contributed by atoms with Gasteiger partial charge in [-0.25, -0.2) is 14.6 Å². The standard InChI is InChI=1S/C28H38N2O4/c1-19(2)24-12-10-20(3)25-16-23(34-27(31)13-11-22-17-30(4)18-29-22)9-7-6-8-21(14-26(24)25)15-28(32)33-5/h6-7,10-11,13,15,17-19,23-26H,8-9,12,14,16H2,1-5H3/t23-,24-,25+,26-/m1/s1. The fraction of sp³-hybridized carbons (Fsp3) is 0.536. The van der Waals surface area contributed by atoms with E-state index >= 15 is 0 Å². The van der Waals surface area contributed by atoms with Crippen LogP contribution in [0.1, 0.15) is 58.6 Å². The van der Waals surface area contributed by atoms with Gasteiger partial charge in [0.25, 0.3) is 0 Å². The molecule has 4 atom stereocenters. The first-order valence-electron chi connectivity index (χ1n) is 12.2. The SMILES string of the molecule is COC(=O)C=C1CC=CC[C@@H](OC(=O)C=Cc2cn(C)cn2)C[C@H]2C(C)=CC[C@H](C(C)C)[C@H]2C1. The molecule has 0 bridgehead atoms. The lowest BCUT2D eigenvalue weighted by Crippen LogP contribution is -2.35. The zero-order valence-electron chi connectivity index (χ0n) is 21.1. The summed E-state index contributed by atoms with van der Waals surface area (Å²) in [7, 11) is 3.31. The number of hydrogen-bond donors (Lipinski definition) is 0. The molecular formula is C28H38N2O4. The van der Waals surface area contributed by atoms with Gasteiger partial charge in [-0.05, 0) is 62.4 Å². The fourth-order valence-electron chi connectivity index (χ4n) is 5.27. The second kappa shape index (κ2) is 12.0. The first-order valence-corrected chi connectivity index (χ1v) is 12.2. The van der Waals surface area contributed by atoms with Crippen molar-refractivity contribution in [3.8, 4) is 0 Å². The van der Waals surface area contributed by atoms with Crippen molar-refractivity contribution in [2.75, 3.05) is 7.11 Å². The van der Waals surface area contributed by atoms with Crippen LogP contribution in [0.25, 0.3) is 6.08 Å². The quantitative estimate of drug-likeness (QED) is 0.329. The van der Waals surface area contributed by atoms with Gasteiger partial charge in [-0.3, -0.25) is 0 Å². The Morgan fingerprint density at radius 1 is 1.21 bits per heavy atom. The molecule has 0 spiro atoms. The molecule has 6 heteroatoms. The number of allylic oxidation sites excluding steroid dienone is 4. The Bertz CT molecular complexity index is 982. The van der Waals surface area contributed by atoms with Gasteiger partial charge in [0.2, 0.25) is 0 Å². The predicted octanol–water partition coefficient (Wildman–Crippen LogP) is 5.43. The third kappa shape index (κ3) is 7.05. The number of ether oxygens (including phenoxy) is 2. The van der Waals surface area contributed by atoms with Gasteiger partial charge in [0.05, 0.1) is 19.1 Å². The molecule has 0 aliphatic heterocycles. The maximum absolute atomic E-state index is 12.6. The lowest BCUT2D eigenvalue weighted by Gasteiger charge is -2.42. The summed E-state index contributed by atoms with van der Waals surface area (Å²) in [5.41, 5.74) is 3.18. The second-order valence-electron chi connectivity index (χ2n) is 9.90. The Kier molecular flexibility index (Phi) is 9.08. The number of carbonyl (C=O) groups is 2. The van der Waals surface area contributed by atoms with E-state index in [0.717, 1.165) is 30.5 Å². The van der Waals surface area contributed by atoms with E-state index < -0.39 is 0 Å². The van der Waals surface area contributed by atoms with Crippen molar-refractivity contribution in [1.82, 2.24) is 9.55 Å². The predicted molar refractivity (Wildman–Crippen MR) is 134 cm³/mol. The van der Waals surface area contributed by atoms with Gasteiger partial charge >= 0.3 is 11.9 Å². The minimum absolute atomic E-state index is 0.204. The number of imidazole rings is 1. The molecule has 0 aromatic carbocycles. The lowest BCUT2D eigenvalue weighted by molar-refractivity contribution is -0.143. The molecule has 1 heterocycles. The number of nitrogens with zero attached hydrogens (tertiary/aromatic N) is 2. The van der Waals surface area contributed by atoms with Crippen LogP contribution in [-0.2, 0) is 26.1 Å². The number of esters is 2. The smallest absolute Gasteiger partial charge is 0.331 e. The van der Waals surface area contributed by atoms with Crippen molar-refractivity contribution in [3.05, 3.63) is 59.7 Å². The molecule has 2 aliphatic rings. The third-order valence-corrected chi connectivity index (χ3v) is 7.10. The summed E-state index contributed by atoms with van der Waals surface area (Å²) in [5, 5.41) is 0. The van der Waals surface area contributed by atoms with Gasteiger partial charge < -0.3 is 14.0 Å². The molecule has 0 saturated heterocycles. The second-order valence-corrected chi connectivity index (χ2v) is 9.90. The first-order chi connectivity index (χ1) is 16.3. The summed E-state index contributed by atoms with van der Waals surface area (Å²) in [6, 6.07) is 0. The van der Waals surface area contributed by atoms with E-state index in [1.54, 1.807) is 18.5 Å². The van der Waals surface area contributed by atoms with E-state index in [0.29, 0.717) is 36.5 Å². The van der Waals surface area contributed by atoms with Gasteiger partial charge in [0.15, 0.2) is 0 Å². The van der Waals surface area contributed by atoms with Crippen molar-refractivity contribution >= 4 is 18.0 Å². The van der Waals surface area contributed by atoms with E-state index in [1.807, 2.05) is 17.8 Å². The minimum atomic E-state index is -0.346. The van der Waals surface area contributed by atoms with Crippen molar-refractivity contribution in [3.63, 3.8) is 0 Å². The summed E-state index contributed by atoms with van der Waals surface area (Å²) in [4.78, 5) is 28.8. The molecular weight excluding hydrogens is 428 g/mol. The highest BCUT2D eigenvalue weighted by molar-refractivity contribution is 5.86. The van der Waals surface area contributed by atoms with E-state index in [-0.39, 0.29) is 18.0 Å². The number of hydrogen-bond acceptors (Lipinski definition) is 5. The number of rotatable bonds is 5. The average molecular weight is 467 g/mol. The average Bonchev–Trinajstić information content (AvgIpc) is 3.21. The molecule has 0 unspecified atom stereocenters. The first kappa shape index (κ1) is 25.7. The summed E-state index contributed by atoms with van der Waals surface area (Å²) < 4.78 is 12.7. The number of aryl methyl sites for hydroxylation is 1. The molecule has 0 amide bonds. The van der Waals surface area contributed by atoms with Crippen LogP contribution in [-0.4, -0.2) is 34.7 Å². The number of aromatic nitrogens is 2. The lowest BCUT2D eigenvalue weighted by atomic mass is 9.64. The van der Waals surface area contributed by atoms with E-state index in [1.165, 1.54) is 18.8 Å². The van der Waals surface area contributed by atoms with Crippen LogP contribution in [0.15, 0.2) is 54.1 Å². The van der Waals surface area contributed by atoms with E-state index in [9.17, 15) is 9.59 Å². The largest absolute Gasteiger partial charge is 0.466 e. The Hall–Kier alpha value is -2.89. The molecule has 0 saturated carbocycles. The zero-order chi connectivity index (χ0) is 24.7. The molecule has 1 aromatic rings. The van der Waals surface area contributed by atoms with E-state index in [2.05, 4.69) is 44.0 Å². The van der Waals surface area contributed by atoms with E-state index in [4.69, 9.17) is 9.47 Å². The summed E-state index contributed by atoms with van der Waals surface area (Å²) in [6.07, 6.45) is 18.7. The van der Waals surface area contributed by atoms with Crippen molar-refractivity contribution < 1.29 is 19.1 Å². The Morgan fingerprint density at radius 3 is 2.68 bits per heavy atom. The van der Waals surface area contributed by atoms with Crippen molar-refractivity contribution in [2.45, 2.75) is 59.0 Å². The normalized spacial score (nSPS) is 26.9. The highest BCUT2D eigenvalue weighted by atomic mass is 16.5. The molecule has 0 radical (unpaired) electrons. The van der Waals surface area contributed by atoms with Crippen LogP contribution in [0.2, 0.25) is 0 Å². The van der Waals surface area contributed by atoms with Crippen LogP contribution in [0.3, 0.4) is 0 Å². The molecule has 0 fully saturated rings. The molecule has 0 N–H and O–H groups in total. The zero-order valence-corrected chi connectivity index (χ0v) is 21.1. The molecule has 1 aromatic heterocycles. The minimum Gasteiger partial charge on any atom is -0.466 e. The van der Waals surface area contributed by atoms with Gasteiger partial charge in [-0.2, -0.15) is 0 Å².